The Balaban J connectivity index is 2.07. The second kappa shape index (κ2) is 4.82. The van der Waals surface area contributed by atoms with Crippen molar-refractivity contribution in [3.63, 3.8) is 0 Å². The summed E-state index contributed by atoms with van der Waals surface area (Å²) in [6.45, 7) is 0. The molecular weight excluding hydrogens is 272 g/mol. The first-order valence-electron chi connectivity index (χ1n) is 6.22. The first-order valence-corrected chi connectivity index (χ1v) is 6.22. The van der Waals surface area contributed by atoms with Crippen LogP contribution in [0.1, 0.15) is 26.3 Å². The van der Waals surface area contributed by atoms with Gasteiger partial charge in [-0.05, 0) is 23.8 Å². The van der Waals surface area contributed by atoms with E-state index in [1.807, 2.05) is 0 Å². The summed E-state index contributed by atoms with van der Waals surface area (Å²) >= 11 is 0. The van der Waals surface area contributed by atoms with Crippen LogP contribution < -0.4 is 4.90 Å². The molecule has 2 heterocycles. The van der Waals surface area contributed by atoms with Gasteiger partial charge in [-0.1, -0.05) is 18.2 Å². The molecule has 0 bridgehead atoms. The lowest BCUT2D eigenvalue weighted by Gasteiger charge is -2.25. The average Bonchev–Trinajstić information content (AvgIpc) is 2.47. The number of hydrogen-bond acceptors (Lipinski definition) is 4. The molecule has 0 unspecified atom stereocenters. The quantitative estimate of drug-likeness (QED) is 0.843. The summed E-state index contributed by atoms with van der Waals surface area (Å²) < 4.78 is 0. The van der Waals surface area contributed by atoms with Crippen molar-refractivity contribution in [1.29, 1.82) is 0 Å². The number of carboxylic acid groups (broad SMARTS) is 1. The van der Waals surface area contributed by atoms with Gasteiger partial charge < -0.3 is 5.11 Å². The Kier molecular flexibility index (Phi) is 2.98. The van der Waals surface area contributed by atoms with E-state index in [0.717, 1.165) is 4.90 Å². The normalized spacial score (nSPS) is 14.0. The fourth-order valence-corrected chi connectivity index (χ4v) is 2.26. The third-order valence-corrected chi connectivity index (χ3v) is 3.26. The van der Waals surface area contributed by atoms with E-state index in [1.54, 1.807) is 24.3 Å². The van der Waals surface area contributed by atoms with Crippen molar-refractivity contribution in [2.45, 2.75) is 6.42 Å². The first-order chi connectivity index (χ1) is 10.1. The van der Waals surface area contributed by atoms with Gasteiger partial charge in [0.15, 0.2) is 0 Å². The minimum absolute atomic E-state index is 0.0272. The highest BCUT2D eigenvalue weighted by Gasteiger charge is 2.32. The molecule has 1 aromatic carbocycles. The number of benzene rings is 1. The van der Waals surface area contributed by atoms with E-state index in [2.05, 4.69) is 4.98 Å². The van der Waals surface area contributed by atoms with Gasteiger partial charge in [0.1, 0.15) is 5.82 Å². The van der Waals surface area contributed by atoms with Gasteiger partial charge in [0.25, 0.3) is 5.91 Å². The number of fused-ring (bicyclic) bond motifs is 1. The number of anilines is 1. The van der Waals surface area contributed by atoms with Gasteiger partial charge in [0.2, 0.25) is 5.91 Å². The number of pyridine rings is 1. The molecule has 3 rings (SSSR count). The number of rotatable bonds is 2. The monoisotopic (exact) mass is 282 g/mol. The lowest BCUT2D eigenvalue weighted by molar-refractivity contribution is -0.117. The molecular formula is C15H10N2O4. The van der Waals surface area contributed by atoms with Crippen molar-refractivity contribution < 1.29 is 19.5 Å². The van der Waals surface area contributed by atoms with Crippen LogP contribution in [0.5, 0.6) is 0 Å². The number of carboxylic acids is 1. The number of carbonyl (C=O) groups excluding carboxylic acids is 2. The molecule has 104 valence electrons. The Labute approximate surface area is 119 Å². The van der Waals surface area contributed by atoms with Gasteiger partial charge in [-0.2, -0.15) is 0 Å². The van der Waals surface area contributed by atoms with Crippen LogP contribution in [0.15, 0.2) is 42.6 Å². The van der Waals surface area contributed by atoms with Gasteiger partial charge in [-0.15, -0.1) is 0 Å². The van der Waals surface area contributed by atoms with Crippen molar-refractivity contribution in [2.75, 3.05) is 4.90 Å². The van der Waals surface area contributed by atoms with Crippen molar-refractivity contribution in [1.82, 2.24) is 4.98 Å². The van der Waals surface area contributed by atoms with Gasteiger partial charge in [0, 0.05) is 11.8 Å². The number of nitrogens with zero attached hydrogens (tertiary/aromatic N) is 2. The predicted molar refractivity (Wildman–Crippen MR) is 73.2 cm³/mol. The molecule has 0 spiro atoms. The number of aromatic nitrogens is 1. The van der Waals surface area contributed by atoms with Crippen LogP contribution >= 0.6 is 0 Å². The summed E-state index contributed by atoms with van der Waals surface area (Å²) in [7, 11) is 0. The fourth-order valence-electron chi connectivity index (χ4n) is 2.26. The van der Waals surface area contributed by atoms with Crippen molar-refractivity contribution >= 4 is 23.6 Å². The molecule has 2 amide bonds. The third kappa shape index (κ3) is 2.16. The van der Waals surface area contributed by atoms with Crippen LogP contribution in [-0.4, -0.2) is 27.9 Å². The molecule has 2 aromatic rings. The maximum Gasteiger partial charge on any atom is 0.335 e. The minimum atomic E-state index is -1.14. The van der Waals surface area contributed by atoms with Crippen LogP contribution in [0.2, 0.25) is 0 Å². The number of carbonyl (C=O) groups is 3. The van der Waals surface area contributed by atoms with Crippen molar-refractivity contribution in [3.8, 4) is 0 Å². The van der Waals surface area contributed by atoms with E-state index < -0.39 is 17.8 Å². The van der Waals surface area contributed by atoms with Gasteiger partial charge >= 0.3 is 5.97 Å². The molecule has 1 aromatic heterocycles. The Morgan fingerprint density at radius 1 is 1.19 bits per heavy atom. The van der Waals surface area contributed by atoms with Crippen molar-refractivity contribution in [3.05, 3.63) is 59.3 Å². The number of aromatic carboxylic acids is 1. The standard InChI is InChI=1S/C15H10N2O4/c18-13-8-9-3-1-2-4-11(9)14(19)17(13)12-7-10(15(20)21)5-6-16-12/h1-7H,8H2,(H,20,21). The Hall–Kier alpha value is -3.02. The average molecular weight is 282 g/mol. The minimum Gasteiger partial charge on any atom is -0.478 e. The van der Waals surface area contributed by atoms with E-state index in [1.165, 1.54) is 18.3 Å². The molecule has 0 atom stereocenters. The molecule has 21 heavy (non-hydrogen) atoms. The van der Waals surface area contributed by atoms with Crippen LogP contribution in [0, 0.1) is 0 Å². The summed E-state index contributed by atoms with van der Waals surface area (Å²) in [5.41, 5.74) is 1.07. The van der Waals surface area contributed by atoms with Gasteiger partial charge in [0.05, 0.1) is 12.0 Å². The van der Waals surface area contributed by atoms with Crippen LogP contribution in [0.25, 0.3) is 0 Å². The summed E-state index contributed by atoms with van der Waals surface area (Å²) in [6.07, 6.45) is 1.35. The zero-order chi connectivity index (χ0) is 15.0. The first kappa shape index (κ1) is 13.0. The molecule has 6 heteroatoms. The maximum absolute atomic E-state index is 12.4. The van der Waals surface area contributed by atoms with E-state index in [-0.39, 0.29) is 17.8 Å². The van der Waals surface area contributed by atoms with Crippen molar-refractivity contribution in [2.24, 2.45) is 0 Å². The molecule has 0 saturated heterocycles. The van der Waals surface area contributed by atoms with E-state index in [9.17, 15) is 14.4 Å². The maximum atomic E-state index is 12.4. The molecule has 1 aliphatic heterocycles. The molecule has 1 aliphatic rings. The second-order valence-corrected chi connectivity index (χ2v) is 4.58. The van der Waals surface area contributed by atoms with Crippen LogP contribution in [-0.2, 0) is 11.2 Å². The summed E-state index contributed by atoms with van der Waals surface area (Å²) in [4.78, 5) is 40.4. The highest BCUT2D eigenvalue weighted by molar-refractivity contribution is 6.24. The zero-order valence-electron chi connectivity index (χ0n) is 10.8. The lowest BCUT2D eigenvalue weighted by Crippen LogP contribution is -2.43. The Morgan fingerprint density at radius 3 is 2.71 bits per heavy atom. The van der Waals surface area contributed by atoms with Crippen LogP contribution in [0.3, 0.4) is 0 Å². The molecule has 0 fully saturated rings. The fraction of sp³-hybridized carbons (Fsp3) is 0.0667. The second-order valence-electron chi connectivity index (χ2n) is 4.58. The zero-order valence-corrected chi connectivity index (χ0v) is 10.8. The lowest BCUT2D eigenvalue weighted by atomic mass is 9.98. The molecule has 6 nitrogen and oxygen atoms in total. The highest BCUT2D eigenvalue weighted by atomic mass is 16.4. The summed E-state index contributed by atoms with van der Waals surface area (Å²) in [5.74, 6) is -2.03. The topological polar surface area (TPSA) is 87.6 Å². The summed E-state index contributed by atoms with van der Waals surface area (Å²) in [6, 6.07) is 9.36. The van der Waals surface area contributed by atoms with E-state index >= 15 is 0 Å². The smallest absolute Gasteiger partial charge is 0.335 e. The number of amides is 2. The molecule has 0 radical (unpaired) electrons. The highest BCUT2D eigenvalue weighted by Crippen LogP contribution is 2.24. The van der Waals surface area contributed by atoms with E-state index in [4.69, 9.17) is 5.11 Å². The molecule has 1 N–H and O–H groups in total. The summed E-state index contributed by atoms with van der Waals surface area (Å²) in [5, 5.41) is 8.98. The Morgan fingerprint density at radius 2 is 1.95 bits per heavy atom. The third-order valence-electron chi connectivity index (χ3n) is 3.26. The number of hydrogen-bond donors (Lipinski definition) is 1. The van der Waals surface area contributed by atoms with Gasteiger partial charge in [-0.25, -0.2) is 14.7 Å². The predicted octanol–water partition coefficient (Wildman–Crippen LogP) is 1.51. The van der Waals surface area contributed by atoms with E-state index in [0.29, 0.717) is 11.1 Å². The largest absolute Gasteiger partial charge is 0.478 e. The number of imide groups is 1. The molecule has 0 saturated carbocycles. The van der Waals surface area contributed by atoms with Crippen LogP contribution in [0.4, 0.5) is 5.82 Å². The molecule has 0 aliphatic carbocycles. The Bertz CT molecular complexity index is 770. The SMILES string of the molecule is O=C(O)c1ccnc(N2C(=O)Cc3ccccc3C2=O)c1. The van der Waals surface area contributed by atoms with Gasteiger partial charge in [-0.3, -0.25) is 9.59 Å².